The minimum Gasteiger partial charge on any atom is -0.493 e. The molecule has 0 aliphatic carbocycles. The van der Waals surface area contributed by atoms with E-state index in [0.717, 1.165) is 32.5 Å². The number of amides is 4. The Morgan fingerprint density at radius 2 is 1.68 bits per heavy atom. The molecule has 0 unspecified atom stereocenters. The van der Waals surface area contributed by atoms with Crippen molar-refractivity contribution in [1.82, 2.24) is 5.32 Å². The maximum Gasteiger partial charge on any atom is 0.335 e. The number of anilines is 1. The third kappa shape index (κ3) is 3.68. The average molecular weight is 414 g/mol. The van der Waals surface area contributed by atoms with E-state index in [1.165, 1.54) is 6.08 Å². The third-order valence-corrected chi connectivity index (χ3v) is 5.37. The van der Waals surface area contributed by atoms with Crippen molar-refractivity contribution in [2.45, 2.75) is 20.8 Å². The number of benzene rings is 3. The molecule has 3 aromatic carbocycles. The second-order valence-corrected chi connectivity index (χ2v) is 7.36. The van der Waals surface area contributed by atoms with Crippen molar-refractivity contribution < 1.29 is 19.1 Å². The molecule has 1 aliphatic heterocycles. The van der Waals surface area contributed by atoms with Crippen LogP contribution >= 0.6 is 0 Å². The summed E-state index contributed by atoms with van der Waals surface area (Å²) < 4.78 is 5.70. The minimum absolute atomic E-state index is 0.104. The molecular weight excluding hydrogens is 392 g/mol. The van der Waals surface area contributed by atoms with Crippen molar-refractivity contribution in [3.8, 4) is 5.75 Å². The van der Waals surface area contributed by atoms with Crippen LogP contribution in [-0.2, 0) is 9.59 Å². The molecule has 0 bridgehead atoms. The molecule has 0 radical (unpaired) electrons. The Labute approximate surface area is 180 Å². The summed E-state index contributed by atoms with van der Waals surface area (Å²) in [5, 5.41) is 4.00. The number of barbiturate groups is 1. The molecule has 31 heavy (non-hydrogen) atoms. The fourth-order valence-electron chi connectivity index (χ4n) is 3.61. The highest BCUT2D eigenvalue weighted by atomic mass is 16.5. The lowest BCUT2D eigenvalue weighted by Crippen LogP contribution is -2.54. The molecule has 6 heteroatoms. The van der Waals surface area contributed by atoms with E-state index in [0.29, 0.717) is 17.9 Å². The summed E-state index contributed by atoms with van der Waals surface area (Å²) in [6.07, 6.45) is 1.52. The van der Waals surface area contributed by atoms with Gasteiger partial charge in [0.2, 0.25) is 0 Å². The van der Waals surface area contributed by atoms with E-state index in [-0.39, 0.29) is 5.57 Å². The lowest BCUT2D eigenvalue weighted by molar-refractivity contribution is -0.122. The number of aryl methyl sites for hydroxylation is 2. The summed E-state index contributed by atoms with van der Waals surface area (Å²) in [7, 11) is 0. The van der Waals surface area contributed by atoms with Crippen LogP contribution in [0.2, 0.25) is 0 Å². The van der Waals surface area contributed by atoms with E-state index in [9.17, 15) is 14.4 Å². The lowest BCUT2D eigenvalue weighted by atomic mass is 10.00. The monoisotopic (exact) mass is 414 g/mol. The molecule has 0 aromatic heterocycles. The second-order valence-electron chi connectivity index (χ2n) is 7.36. The molecule has 0 saturated carbocycles. The van der Waals surface area contributed by atoms with Gasteiger partial charge in [-0.3, -0.25) is 14.9 Å². The van der Waals surface area contributed by atoms with Gasteiger partial charge in [-0.05, 0) is 67.1 Å². The van der Waals surface area contributed by atoms with Crippen LogP contribution < -0.4 is 15.0 Å². The molecule has 1 saturated heterocycles. The Hall–Kier alpha value is -3.93. The van der Waals surface area contributed by atoms with Crippen LogP contribution in [0, 0.1) is 13.8 Å². The minimum atomic E-state index is -0.757. The van der Waals surface area contributed by atoms with Gasteiger partial charge in [0.25, 0.3) is 11.8 Å². The fourth-order valence-corrected chi connectivity index (χ4v) is 3.61. The smallest absolute Gasteiger partial charge is 0.335 e. The van der Waals surface area contributed by atoms with Gasteiger partial charge in [0, 0.05) is 5.39 Å². The summed E-state index contributed by atoms with van der Waals surface area (Å²) in [5.74, 6) is -0.644. The molecule has 0 atom stereocenters. The van der Waals surface area contributed by atoms with E-state index >= 15 is 0 Å². The SMILES string of the molecule is CCOc1ccc(/C=C2\C(=O)NC(=O)N(c3ccc(C)c(C)c3)C2=O)c2ccccc12. The molecule has 6 nitrogen and oxygen atoms in total. The van der Waals surface area contributed by atoms with E-state index < -0.39 is 17.8 Å². The zero-order valence-corrected chi connectivity index (χ0v) is 17.6. The maximum atomic E-state index is 13.2. The lowest BCUT2D eigenvalue weighted by Gasteiger charge is -2.27. The van der Waals surface area contributed by atoms with E-state index in [4.69, 9.17) is 4.74 Å². The zero-order valence-electron chi connectivity index (χ0n) is 17.6. The van der Waals surface area contributed by atoms with Gasteiger partial charge in [0.15, 0.2) is 0 Å². The molecule has 4 rings (SSSR count). The van der Waals surface area contributed by atoms with Crippen molar-refractivity contribution in [3.63, 3.8) is 0 Å². The summed E-state index contributed by atoms with van der Waals surface area (Å²) >= 11 is 0. The maximum absolute atomic E-state index is 13.2. The van der Waals surface area contributed by atoms with Gasteiger partial charge in [-0.15, -0.1) is 0 Å². The van der Waals surface area contributed by atoms with Crippen LogP contribution in [0.1, 0.15) is 23.6 Å². The van der Waals surface area contributed by atoms with Crippen LogP contribution in [-0.4, -0.2) is 24.5 Å². The number of carbonyl (C=O) groups excluding carboxylic acids is 3. The molecular formula is C25H22N2O4. The highest BCUT2D eigenvalue weighted by Crippen LogP contribution is 2.31. The molecule has 156 valence electrons. The number of hydrogen-bond acceptors (Lipinski definition) is 4. The van der Waals surface area contributed by atoms with Crippen LogP contribution in [0.15, 0.2) is 60.2 Å². The van der Waals surface area contributed by atoms with Gasteiger partial charge in [-0.25, -0.2) is 9.69 Å². The number of imide groups is 2. The Balaban J connectivity index is 1.81. The summed E-state index contributed by atoms with van der Waals surface area (Å²) in [6.45, 7) is 6.29. The first-order valence-corrected chi connectivity index (χ1v) is 10.0. The van der Waals surface area contributed by atoms with Crippen LogP contribution in [0.25, 0.3) is 16.8 Å². The largest absolute Gasteiger partial charge is 0.493 e. The number of carbonyl (C=O) groups is 3. The third-order valence-electron chi connectivity index (χ3n) is 5.37. The first-order valence-electron chi connectivity index (χ1n) is 10.0. The van der Waals surface area contributed by atoms with Crippen molar-refractivity contribution in [3.05, 3.63) is 76.9 Å². The number of ether oxygens (including phenoxy) is 1. The predicted molar refractivity (Wildman–Crippen MR) is 120 cm³/mol. The highest BCUT2D eigenvalue weighted by Gasteiger charge is 2.37. The van der Waals surface area contributed by atoms with Gasteiger partial charge in [-0.2, -0.15) is 0 Å². The first-order chi connectivity index (χ1) is 14.9. The Kier molecular flexibility index (Phi) is 5.29. The van der Waals surface area contributed by atoms with Crippen molar-refractivity contribution in [2.24, 2.45) is 0 Å². The van der Waals surface area contributed by atoms with E-state index in [1.54, 1.807) is 18.2 Å². The topological polar surface area (TPSA) is 75.7 Å². The molecule has 1 aliphatic rings. The number of hydrogen-bond donors (Lipinski definition) is 1. The molecule has 3 aromatic rings. The van der Waals surface area contributed by atoms with Crippen LogP contribution in [0.5, 0.6) is 5.75 Å². The molecule has 1 N–H and O–H groups in total. The second kappa shape index (κ2) is 8.07. The van der Waals surface area contributed by atoms with Crippen LogP contribution in [0.3, 0.4) is 0 Å². The van der Waals surface area contributed by atoms with Gasteiger partial charge in [0.1, 0.15) is 11.3 Å². The molecule has 4 amide bonds. The fraction of sp³-hybridized carbons (Fsp3) is 0.160. The summed E-state index contributed by atoms with van der Waals surface area (Å²) in [6, 6.07) is 15.8. The highest BCUT2D eigenvalue weighted by molar-refractivity contribution is 6.39. The molecule has 1 heterocycles. The van der Waals surface area contributed by atoms with Crippen LogP contribution in [0.4, 0.5) is 10.5 Å². The van der Waals surface area contributed by atoms with Crippen molar-refractivity contribution >= 4 is 40.4 Å². The Bertz CT molecular complexity index is 1260. The number of rotatable bonds is 4. The normalized spacial score (nSPS) is 15.5. The Morgan fingerprint density at radius 1 is 0.935 bits per heavy atom. The predicted octanol–water partition coefficient (Wildman–Crippen LogP) is 4.52. The number of fused-ring (bicyclic) bond motifs is 1. The quantitative estimate of drug-likeness (QED) is 0.503. The van der Waals surface area contributed by atoms with Crippen molar-refractivity contribution in [1.29, 1.82) is 0 Å². The standard InChI is InChI=1S/C25H22N2O4/c1-4-31-22-12-10-17(19-7-5-6-8-20(19)22)14-21-23(28)26-25(30)27(24(21)29)18-11-9-15(2)16(3)13-18/h5-14H,4H2,1-3H3,(H,26,28,30)/b21-14+. The molecule has 1 fully saturated rings. The van der Waals surface area contributed by atoms with Gasteiger partial charge >= 0.3 is 6.03 Å². The number of nitrogens with zero attached hydrogens (tertiary/aromatic N) is 1. The summed E-state index contributed by atoms with van der Waals surface area (Å²) in [5.41, 5.74) is 2.99. The first kappa shape index (κ1) is 20.3. The number of urea groups is 1. The van der Waals surface area contributed by atoms with Crippen molar-refractivity contribution in [2.75, 3.05) is 11.5 Å². The number of nitrogens with one attached hydrogen (secondary N) is 1. The average Bonchev–Trinajstić information content (AvgIpc) is 2.75. The van der Waals surface area contributed by atoms with Gasteiger partial charge in [-0.1, -0.05) is 36.4 Å². The summed E-state index contributed by atoms with van der Waals surface area (Å²) in [4.78, 5) is 39.2. The van der Waals surface area contributed by atoms with E-state index in [1.807, 2.05) is 57.2 Å². The van der Waals surface area contributed by atoms with E-state index in [2.05, 4.69) is 5.32 Å². The Morgan fingerprint density at radius 3 is 2.39 bits per heavy atom. The van der Waals surface area contributed by atoms with Gasteiger partial charge in [0.05, 0.1) is 12.3 Å². The van der Waals surface area contributed by atoms with Gasteiger partial charge < -0.3 is 4.74 Å². The molecule has 0 spiro atoms. The zero-order chi connectivity index (χ0) is 22.1.